The Morgan fingerprint density at radius 1 is 1.19 bits per heavy atom. The van der Waals surface area contributed by atoms with Gasteiger partial charge in [0.25, 0.3) is 5.91 Å². The third-order valence-corrected chi connectivity index (χ3v) is 6.00. The zero-order chi connectivity index (χ0) is 20.7. The Kier molecular flexibility index (Phi) is 8.09. The summed E-state index contributed by atoms with van der Waals surface area (Å²) in [5, 5.41) is 8.81. The molecule has 0 aliphatic carbocycles. The summed E-state index contributed by atoms with van der Waals surface area (Å²) in [6.45, 7) is 12.0. The third-order valence-electron chi connectivity index (χ3n) is 6.00. The molecule has 31 heavy (non-hydrogen) atoms. The maximum absolute atomic E-state index is 13.7. The predicted molar refractivity (Wildman–Crippen MR) is 131 cm³/mol. The number of carbonyl (C=O) groups excluding carboxylic acids is 1. The molecule has 2 atom stereocenters. The number of amides is 1. The van der Waals surface area contributed by atoms with Gasteiger partial charge in [-0.05, 0) is 46.2 Å². The van der Waals surface area contributed by atoms with E-state index in [-0.39, 0.29) is 48.8 Å². The SMILES string of the molecule is Cc1ccccc1-c1cc(C(=O)N2CCNC(C)C2C)c2cnn(C(C)C)c2n1.Cl.Cl. The standard InChI is InChI=1S/C23H29N5O.2ClH/c1-14(2)28-22-20(13-25-28)19(23(29)27-11-10-24-16(4)17(27)5)12-21(26-22)18-9-7-6-8-15(18)3;;/h6-9,12-14,16-17,24H,10-11H2,1-5H3;2*1H. The van der Waals surface area contributed by atoms with E-state index < -0.39 is 0 Å². The first-order valence-electron chi connectivity index (χ1n) is 10.4. The lowest BCUT2D eigenvalue weighted by molar-refractivity contribution is 0.0605. The Morgan fingerprint density at radius 2 is 1.90 bits per heavy atom. The minimum atomic E-state index is 0. The van der Waals surface area contributed by atoms with Crippen LogP contribution in [-0.2, 0) is 0 Å². The van der Waals surface area contributed by atoms with Gasteiger partial charge < -0.3 is 10.2 Å². The van der Waals surface area contributed by atoms with Crippen LogP contribution in [0.1, 0.15) is 49.7 Å². The summed E-state index contributed by atoms with van der Waals surface area (Å²) in [6.07, 6.45) is 1.79. The van der Waals surface area contributed by atoms with Crippen LogP contribution < -0.4 is 5.32 Å². The van der Waals surface area contributed by atoms with Crippen LogP contribution in [0.3, 0.4) is 0 Å². The van der Waals surface area contributed by atoms with Crippen molar-refractivity contribution in [3.63, 3.8) is 0 Å². The van der Waals surface area contributed by atoms with Crippen LogP contribution in [0.5, 0.6) is 0 Å². The van der Waals surface area contributed by atoms with Gasteiger partial charge in [0.1, 0.15) is 0 Å². The van der Waals surface area contributed by atoms with Crippen molar-refractivity contribution in [3.05, 3.63) is 47.7 Å². The fourth-order valence-electron chi connectivity index (χ4n) is 4.07. The number of pyridine rings is 1. The lowest BCUT2D eigenvalue weighted by Gasteiger charge is -2.38. The van der Waals surface area contributed by atoms with Crippen molar-refractivity contribution in [2.24, 2.45) is 0 Å². The van der Waals surface area contributed by atoms with Crippen LogP contribution >= 0.6 is 24.8 Å². The fourth-order valence-corrected chi connectivity index (χ4v) is 4.07. The number of benzene rings is 1. The predicted octanol–water partition coefficient (Wildman–Crippen LogP) is 4.65. The fraction of sp³-hybridized carbons (Fsp3) is 0.435. The Labute approximate surface area is 196 Å². The first kappa shape index (κ1) is 25.1. The molecule has 2 aromatic heterocycles. The van der Waals surface area contributed by atoms with E-state index in [2.05, 4.69) is 57.2 Å². The molecule has 6 nitrogen and oxygen atoms in total. The molecule has 1 saturated heterocycles. The highest BCUT2D eigenvalue weighted by molar-refractivity contribution is 6.06. The normalized spacial score (nSPS) is 18.6. The van der Waals surface area contributed by atoms with Crippen LogP contribution in [0.2, 0.25) is 0 Å². The topological polar surface area (TPSA) is 63.1 Å². The lowest BCUT2D eigenvalue weighted by atomic mass is 10.0. The van der Waals surface area contributed by atoms with Gasteiger partial charge >= 0.3 is 0 Å². The second kappa shape index (κ2) is 9.98. The van der Waals surface area contributed by atoms with Gasteiger partial charge in [-0.15, -0.1) is 24.8 Å². The number of aryl methyl sites for hydroxylation is 1. The maximum atomic E-state index is 13.7. The highest BCUT2D eigenvalue weighted by atomic mass is 35.5. The van der Waals surface area contributed by atoms with E-state index in [1.807, 2.05) is 27.8 Å². The minimum absolute atomic E-state index is 0. The maximum Gasteiger partial charge on any atom is 0.255 e. The molecule has 3 heterocycles. The molecular weight excluding hydrogens is 433 g/mol. The van der Waals surface area contributed by atoms with Crippen molar-refractivity contribution < 1.29 is 4.79 Å². The van der Waals surface area contributed by atoms with Crippen LogP contribution in [0, 0.1) is 6.92 Å². The number of fused-ring (bicyclic) bond motifs is 1. The molecule has 4 rings (SSSR count). The third kappa shape index (κ3) is 4.56. The van der Waals surface area contributed by atoms with Gasteiger partial charge in [0.15, 0.2) is 5.65 Å². The monoisotopic (exact) mass is 463 g/mol. The first-order chi connectivity index (χ1) is 13.9. The second-order valence-corrected chi connectivity index (χ2v) is 8.27. The van der Waals surface area contributed by atoms with E-state index in [0.717, 1.165) is 34.4 Å². The molecule has 0 saturated carbocycles. The van der Waals surface area contributed by atoms with Crippen LogP contribution in [0.25, 0.3) is 22.3 Å². The molecule has 1 aliphatic heterocycles. The van der Waals surface area contributed by atoms with Crippen molar-refractivity contribution in [1.82, 2.24) is 25.0 Å². The highest BCUT2D eigenvalue weighted by Gasteiger charge is 2.30. The quantitative estimate of drug-likeness (QED) is 0.613. The first-order valence-corrected chi connectivity index (χ1v) is 10.4. The van der Waals surface area contributed by atoms with Crippen LogP contribution in [0.15, 0.2) is 36.5 Å². The summed E-state index contributed by atoms with van der Waals surface area (Å²) in [5.41, 5.74) is 4.44. The summed E-state index contributed by atoms with van der Waals surface area (Å²) in [4.78, 5) is 20.6. The molecule has 1 aliphatic rings. The molecule has 168 valence electrons. The smallest absolute Gasteiger partial charge is 0.255 e. The Morgan fingerprint density at radius 3 is 2.58 bits per heavy atom. The van der Waals surface area contributed by atoms with Crippen molar-refractivity contribution in [1.29, 1.82) is 0 Å². The summed E-state index contributed by atoms with van der Waals surface area (Å²) in [5.74, 6) is 0.0522. The largest absolute Gasteiger partial charge is 0.333 e. The summed E-state index contributed by atoms with van der Waals surface area (Å²) in [7, 11) is 0. The molecule has 0 bridgehead atoms. The summed E-state index contributed by atoms with van der Waals surface area (Å²) in [6, 6.07) is 10.7. The van der Waals surface area contributed by atoms with Gasteiger partial charge in [0.05, 0.1) is 22.8 Å². The van der Waals surface area contributed by atoms with Gasteiger partial charge in [0.2, 0.25) is 0 Å². The summed E-state index contributed by atoms with van der Waals surface area (Å²) >= 11 is 0. The molecule has 1 N–H and O–H groups in total. The number of hydrogen-bond donors (Lipinski definition) is 1. The zero-order valence-electron chi connectivity index (χ0n) is 18.6. The molecule has 1 amide bonds. The van der Waals surface area contributed by atoms with Crippen LogP contribution in [0.4, 0.5) is 0 Å². The molecule has 8 heteroatoms. The Balaban J connectivity index is 0.00000171. The molecule has 0 radical (unpaired) electrons. The van der Waals surface area contributed by atoms with E-state index in [1.54, 1.807) is 6.20 Å². The Hall–Kier alpha value is -2.15. The number of hydrogen-bond acceptors (Lipinski definition) is 4. The lowest BCUT2D eigenvalue weighted by Crippen LogP contribution is -2.57. The molecule has 2 unspecified atom stereocenters. The zero-order valence-corrected chi connectivity index (χ0v) is 20.3. The van der Waals surface area contributed by atoms with E-state index in [9.17, 15) is 4.79 Å². The van der Waals surface area contributed by atoms with E-state index in [1.165, 1.54) is 0 Å². The molecule has 1 aromatic carbocycles. The number of carbonyl (C=O) groups is 1. The average molecular weight is 464 g/mol. The number of rotatable bonds is 3. The van der Waals surface area contributed by atoms with Crippen LogP contribution in [-0.4, -0.2) is 50.7 Å². The molecule has 0 spiro atoms. The Bertz CT molecular complexity index is 1070. The number of halogens is 2. The van der Waals surface area contributed by atoms with Crippen molar-refractivity contribution in [3.8, 4) is 11.3 Å². The molecular formula is C23H31Cl2N5O. The van der Waals surface area contributed by atoms with E-state index >= 15 is 0 Å². The van der Waals surface area contributed by atoms with Crippen molar-refractivity contribution in [2.45, 2.75) is 52.7 Å². The average Bonchev–Trinajstić information content (AvgIpc) is 3.13. The van der Waals surface area contributed by atoms with Gasteiger partial charge in [0, 0.05) is 36.8 Å². The van der Waals surface area contributed by atoms with Gasteiger partial charge in [-0.1, -0.05) is 24.3 Å². The van der Waals surface area contributed by atoms with Gasteiger partial charge in [-0.25, -0.2) is 9.67 Å². The van der Waals surface area contributed by atoms with Gasteiger partial charge in [-0.3, -0.25) is 4.79 Å². The van der Waals surface area contributed by atoms with Crippen molar-refractivity contribution >= 4 is 41.8 Å². The second-order valence-electron chi connectivity index (χ2n) is 8.27. The minimum Gasteiger partial charge on any atom is -0.333 e. The van der Waals surface area contributed by atoms with Gasteiger partial charge in [-0.2, -0.15) is 5.10 Å². The number of piperazine rings is 1. The van der Waals surface area contributed by atoms with E-state index in [0.29, 0.717) is 12.1 Å². The molecule has 3 aromatic rings. The molecule has 1 fully saturated rings. The number of aromatic nitrogens is 3. The van der Waals surface area contributed by atoms with Crippen molar-refractivity contribution in [2.75, 3.05) is 13.1 Å². The number of nitrogens with one attached hydrogen (secondary N) is 1. The number of nitrogens with zero attached hydrogens (tertiary/aromatic N) is 4. The highest BCUT2D eigenvalue weighted by Crippen LogP contribution is 2.29. The summed E-state index contributed by atoms with van der Waals surface area (Å²) < 4.78 is 1.90. The van der Waals surface area contributed by atoms with E-state index in [4.69, 9.17) is 4.98 Å².